The molecule has 0 radical (unpaired) electrons. The first-order valence-corrected chi connectivity index (χ1v) is 9.25. The number of aliphatic hydroxyl groups excluding tert-OH is 1. The van der Waals surface area contributed by atoms with Gasteiger partial charge in [-0.1, -0.05) is 44.2 Å². The second-order valence-electron chi connectivity index (χ2n) is 7.22. The molecule has 2 atom stereocenters. The van der Waals surface area contributed by atoms with Crippen molar-refractivity contribution in [3.8, 4) is 0 Å². The molecule has 2 unspecified atom stereocenters. The number of carbonyl (C=O) groups is 1. The second-order valence-corrected chi connectivity index (χ2v) is 7.22. The Kier molecular flexibility index (Phi) is 8.93. The van der Waals surface area contributed by atoms with Gasteiger partial charge in [-0.05, 0) is 39.3 Å². The number of amides is 1. The average Bonchev–Trinajstić information content (AvgIpc) is 2.55. The van der Waals surface area contributed by atoms with Gasteiger partial charge in [-0.3, -0.25) is 4.90 Å². The molecule has 5 heteroatoms. The van der Waals surface area contributed by atoms with Gasteiger partial charge in [0.05, 0.1) is 6.10 Å². The summed E-state index contributed by atoms with van der Waals surface area (Å²) in [6.07, 6.45) is 0.0166. The number of ether oxygens (including phenoxy) is 1. The molecule has 2 N–H and O–H groups in total. The highest BCUT2D eigenvalue weighted by Gasteiger charge is 2.28. The molecule has 25 heavy (non-hydrogen) atoms. The molecule has 1 aliphatic heterocycles. The van der Waals surface area contributed by atoms with Crippen molar-refractivity contribution in [2.45, 2.75) is 59.3 Å². The minimum Gasteiger partial charge on any atom is -0.444 e. The molecular formula is C20H34N2O3. The van der Waals surface area contributed by atoms with Crippen molar-refractivity contribution in [3.63, 3.8) is 0 Å². The quantitative estimate of drug-likeness (QED) is 0.873. The Morgan fingerprint density at radius 3 is 2.48 bits per heavy atom. The van der Waals surface area contributed by atoms with Crippen LogP contribution in [0.2, 0.25) is 0 Å². The first-order valence-electron chi connectivity index (χ1n) is 9.25. The van der Waals surface area contributed by atoms with Gasteiger partial charge in [-0.2, -0.15) is 0 Å². The van der Waals surface area contributed by atoms with Crippen LogP contribution >= 0.6 is 0 Å². The molecule has 5 nitrogen and oxygen atoms in total. The van der Waals surface area contributed by atoms with Crippen LogP contribution in [0.1, 0.15) is 46.6 Å². The fourth-order valence-corrected chi connectivity index (χ4v) is 2.80. The Hall–Kier alpha value is -1.59. The number of hydrogen-bond donors (Lipinski definition) is 2. The number of hydrogen-bond acceptors (Lipinski definition) is 4. The first-order chi connectivity index (χ1) is 11.8. The molecular weight excluding hydrogens is 316 g/mol. The number of carbonyl (C=O) groups excluding carboxylic acids is 1. The fourth-order valence-electron chi connectivity index (χ4n) is 2.80. The number of likely N-dealkylation sites (tertiary alicyclic amines) is 1. The highest BCUT2D eigenvalue weighted by atomic mass is 16.6. The van der Waals surface area contributed by atoms with Gasteiger partial charge in [0.1, 0.15) is 5.60 Å². The maximum absolute atomic E-state index is 11.7. The van der Waals surface area contributed by atoms with Crippen LogP contribution in [0.15, 0.2) is 30.3 Å². The summed E-state index contributed by atoms with van der Waals surface area (Å²) in [5.41, 5.74) is 0.756. The van der Waals surface area contributed by atoms with E-state index < -0.39 is 17.8 Å². The highest BCUT2D eigenvalue weighted by Crippen LogP contribution is 2.19. The SMILES string of the molecule is CC.CC(C)(C)OC(=O)NCC1CCN(Cc2ccccc2)CC1O. The van der Waals surface area contributed by atoms with Gasteiger partial charge in [0.25, 0.3) is 0 Å². The normalized spacial score (nSPS) is 21.0. The minimum atomic E-state index is -0.498. The number of aliphatic hydroxyl groups is 1. The van der Waals surface area contributed by atoms with Gasteiger partial charge in [-0.15, -0.1) is 0 Å². The summed E-state index contributed by atoms with van der Waals surface area (Å²) in [7, 11) is 0. The fraction of sp³-hybridized carbons (Fsp3) is 0.650. The van der Waals surface area contributed by atoms with E-state index in [9.17, 15) is 9.90 Å². The summed E-state index contributed by atoms with van der Waals surface area (Å²) in [6.45, 7) is 12.4. The second kappa shape index (κ2) is 10.4. The molecule has 2 rings (SSSR count). The summed E-state index contributed by atoms with van der Waals surface area (Å²) < 4.78 is 5.22. The molecule has 0 spiro atoms. The molecule has 0 saturated carbocycles. The first kappa shape index (κ1) is 21.5. The van der Waals surface area contributed by atoms with E-state index >= 15 is 0 Å². The largest absolute Gasteiger partial charge is 0.444 e. The van der Waals surface area contributed by atoms with Crippen molar-refractivity contribution in [1.82, 2.24) is 10.2 Å². The van der Waals surface area contributed by atoms with Gasteiger partial charge in [0.2, 0.25) is 0 Å². The van der Waals surface area contributed by atoms with Crippen LogP contribution < -0.4 is 5.32 Å². The third-order valence-corrected chi connectivity index (χ3v) is 3.96. The molecule has 1 aromatic carbocycles. The van der Waals surface area contributed by atoms with Gasteiger partial charge in [0.15, 0.2) is 0 Å². The lowest BCUT2D eigenvalue weighted by Crippen LogP contribution is -2.47. The van der Waals surface area contributed by atoms with Crippen molar-refractivity contribution >= 4 is 6.09 Å². The van der Waals surface area contributed by atoms with Crippen LogP contribution in [0.5, 0.6) is 0 Å². The van der Waals surface area contributed by atoms with E-state index in [1.54, 1.807) is 0 Å². The summed E-state index contributed by atoms with van der Waals surface area (Å²) in [6, 6.07) is 10.3. The topological polar surface area (TPSA) is 61.8 Å². The van der Waals surface area contributed by atoms with Crippen LogP contribution in [-0.4, -0.2) is 47.4 Å². The smallest absolute Gasteiger partial charge is 0.407 e. The Balaban J connectivity index is 0.00000151. The Morgan fingerprint density at radius 2 is 1.92 bits per heavy atom. The lowest BCUT2D eigenvalue weighted by molar-refractivity contribution is 0.0150. The third-order valence-electron chi connectivity index (χ3n) is 3.96. The van der Waals surface area contributed by atoms with E-state index in [0.29, 0.717) is 13.1 Å². The van der Waals surface area contributed by atoms with Crippen molar-refractivity contribution in [2.75, 3.05) is 19.6 Å². The zero-order chi connectivity index (χ0) is 18.9. The number of benzene rings is 1. The molecule has 0 aromatic heterocycles. The number of nitrogens with one attached hydrogen (secondary N) is 1. The molecule has 0 aliphatic carbocycles. The highest BCUT2D eigenvalue weighted by molar-refractivity contribution is 5.67. The molecule has 142 valence electrons. The standard InChI is InChI=1S/C18H28N2O3.C2H6/c1-18(2,3)23-17(22)19-11-15-9-10-20(13-16(15)21)12-14-7-5-4-6-8-14;1-2/h4-8,15-16,21H,9-13H2,1-3H3,(H,19,22);1-2H3. The van der Waals surface area contributed by atoms with Gasteiger partial charge < -0.3 is 15.2 Å². The number of β-amino-alcohol motifs (C(OH)–C–C–N with tert-alkyl or cyclic N) is 1. The predicted molar refractivity (Wildman–Crippen MR) is 101 cm³/mol. The number of piperidine rings is 1. The van der Waals surface area contributed by atoms with Crippen LogP contribution in [0.4, 0.5) is 4.79 Å². The molecule has 1 fully saturated rings. The maximum Gasteiger partial charge on any atom is 0.407 e. The Morgan fingerprint density at radius 1 is 1.28 bits per heavy atom. The number of nitrogens with zero attached hydrogens (tertiary/aromatic N) is 1. The van der Waals surface area contributed by atoms with E-state index in [2.05, 4.69) is 22.3 Å². The van der Waals surface area contributed by atoms with Crippen molar-refractivity contribution in [3.05, 3.63) is 35.9 Å². The summed E-state index contributed by atoms with van der Waals surface area (Å²) in [5.74, 6) is 0.0783. The monoisotopic (exact) mass is 350 g/mol. The van der Waals surface area contributed by atoms with Gasteiger partial charge >= 0.3 is 6.09 Å². The Bertz CT molecular complexity index is 499. The molecule has 1 amide bonds. The number of alkyl carbamates (subject to hydrolysis) is 1. The minimum absolute atomic E-state index is 0.0783. The molecule has 1 heterocycles. The van der Waals surface area contributed by atoms with E-state index in [1.165, 1.54) is 5.56 Å². The predicted octanol–water partition coefficient (Wildman–Crippen LogP) is 3.42. The lowest BCUT2D eigenvalue weighted by atomic mass is 9.93. The average molecular weight is 351 g/mol. The number of rotatable bonds is 4. The summed E-state index contributed by atoms with van der Waals surface area (Å²) >= 11 is 0. The van der Waals surface area contributed by atoms with Crippen LogP contribution in [0.25, 0.3) is 0 Å². The third kappa shape index (κ3) is 8.36. The Labute approximate surface area is 152 Å². The maximum atomic E-state index is 11.7. The van der Waals surface area contributed by atoms with Crippen LogP contribution in [0, 0.1) is 5.92 Å². The zero-order valence-corrected chi connectivity index (χ0v) is 16.3. The van der Waals surface area contributed by atoms with Crippen molar-refractivity contribution in [1.29, 1.82) is 0 Å². The van der Waals surface area contributed by atoms with E-state index in [4.69, 9.17) is 4.74 Å². The van der Waals surface area contributed by atoms with Crippen molar-refractivity contribution in [2.24, 2.45) is 5.92 Å². The lowest BCUT2D eigenvalue weighted by Gasteiger charge is -2.36. The molecule has 1 saturated heterocycles. The van der Waals surface area contributed by atoms with Crippen molar-refractivity contribution < 1.29 is 14.6 Å². The molecule has 1 aromatic rings. The van der Waals surface area contributed by atoms with E-state index in [1.807, 2.05) is 52.8 Å². The van der Waals surface area contributed by atoms with Crippen LogP contribution in [0.3, 0.4) is 0 Å². The zero-order valence-electron chi connectivity index (χ0n) is 16.3. The molecule has 1 aliphatic rings. The van der Waals surface area contributed by atoms with Crippen LogP contribution in [-0.2, 0) is 11.3 Å². The summed E-state index contributed by atoms with van der Waals surface area (Å²) in [4.78, 5) is 13.9. The van der Waals surface area contributed by atoms with E-state index in [0.717, 1.165) is 19.5 Å². The van der Waals surface area contributed by atoms with Gasteiger partial charge in [-0.25, -0.2) is 4.79 Å². The van der Waals surface area contributed by atoms with E-state index in [-0.39, 0.29) is 5.92 Å². The molecule has 0 bridgehead atoms. The van der Waals surface area contributed by atoms with Gasteiger partial charge in [0, 0.05) is 25.6 Å². The summed E-state index contributed by atoms with van der Waals surface area (Å²) in [5, 5.41) is 13.1.